The second kappa shape index (κ2) is 5.89. The molecule has 17 heavy (non-hydrogen) atoms. The van der Waals surface area contributed by atoms with E-state index in [-0.39, 0.29) is 5.82 Å². The summed E-state index contributed by atoms with van der Waals surface area (Å²) in [6, 6.07) is 7.02. The molecule has 1 unspecified atom stereocenters. The SMILES string of the molecule is CNC(Cc1ccc(F)cc1)Cc1nccs1. The fourth-order valence-corrected chi connectivity index (χ4v) is 2.44. The van der Waals surface area contributed by atoms with Crippen LogP contribution >= 0.6 is 11.3 Å². The lowest BCUT2D eigenvalue weighted by Crippen LogP contribution is -2.29. The third-order valence-corrected chi connectivity index (χ3v) is 3.51. The minimum atomic E-state index is -0.185. The molecule has 1 aromatic carbocycles. The van der Waals surface area contributed by atoms with Gasteiger partial charge in [0.05, 0.1) is 5.01 Å². The van der Waals surface area contributed by atoms with Gasteiger partial charge in [-0.25, -0.2) is 9.37 Å². The van der Waals surface area contributed by atoms with Gasteiger partial charge in [0, 0.05) is 24.0 Å². The number of halogens is 1. The van der Waals surface area contributed by atoms with Crippen LogP contribution in [0, 0.1) is 5.82 Å². The first-order valence-corrected chi connectivity index (χ1v) is 6.46. The highest BCUT2D eigenvalue weighted by Crippen LogP contribution is 2.11. The first-order chi connectivity index (χ1) is 8.28. The molecular weight excluding hydrogens is 235 g/mol. The van der Waals surface area contributed by atoms with Gasteiger partial charge in [0.1, 0.15) is 5.82 Å². The zero-order valence-electron chi connectivity index (χ0n) is 9.69. The van der Waals surface area contributed by atoms with Crippen molar-refractivity contribution in [3.8, 4) is 0 Å². The molecule has 90 valence electrons. The molecule has 0 amide bonds. The predicted molar refractivity (Wildman–Crippen MR) is 68.8 cm³/mol. The molecule has 0 spiro atoms. The van der Waals surface area contributed by atoms with Gasteiger partial charge in [-0.15, -0.1) is 11.3 Å². The predicted octanol–water partition coefficient (Wildman–Crippen LogP) is 2.66. The lowest BCUT2D eigenvalue weighted by Gasteiger charge is -2.14. The van der Waals surface area contributed by atoms with Crippen LogP contribution in [0.1, 0.15) is 10.6 Å². The summed E-state index contributed by atoms with van der Waals surface area (Å²) in [6.07, 6.45) is 3.62. The average molecular weight is 250 g/mol. The Morgan fingerprint density at radius 1 is 1.29 bits per heavy atom. The molecule has 1 atom stereocenters. The summed E-state index contributed by atoms with van der Waals surface area (Å²) in [5, 5.41) is 6.39. The fraction of sp³-hybridized carbons (Fsp3) is 0.308. The Labute approximate surface area is 105 Å². The topological polar surface area (TPSA) is 24.9 Å². The van der Waals surface area contributed by atoms with Crippen molar-refractivity contribution in [1.82, 2.24) is 10.3 Å². The summed E-state index contributed by atoms with van der Waals surface area (Å²) < 4.78 is 12.8. The van der Waals surface area contributed by atoms with Gasteiger partial charge in [-0.05, 0) is 31.2 Å². The van der Waals surface area contributed by atoms with E-state index in [1.165, 1.54) is 12.1 Å². The summed E-state index contributed by atoms with van der Waals surface area (Å²) in [5.74, 6) is -0.185. The number of nitrogens with zero attached hydrogens (tertiary/aromatic N) is 1. The van der Waals surface area contributed by atoms with Gasteiger partial charge >= 0.3 is 0 Å². The van der Waals surface area contributed by atoms with Crippen LogP contribution in [0.2, 0.25) is 0 Å². The number of aromatic nitrogens is 1. The summed E-state index contributed by atoms with van der Waals surface area (Å²) in [5.41, 5.74) is 1.14. The van der Waals surface area contributed by atoms with E-state index in [2.05, 4.69) is 10.3 Å². The van der Waals surface area contributed by atoms with E-state index in [1.54, 1.807) is 11.3 Å². The fourth-order valence-electron chi connectivity index (χ4n) is 1.75. The maximum atomic E-state index is 12.8. The normalized spacial score (nSPS) is 12.6. The number of nitrogens with one attached hydrogen (secondary N) is 1. The van der Waals surface area contributed by atoms with Gasteiger partial charge < -0.3 is 5.32 Å². The number of rotatable bonds is 5. The smallest absolute Gasteiger partial charge is 0.123 e. The summed E-state index contributed by atoms with van der Waals surface area (Å²) in [4.78, 5) is 4.28. The van der Waals surface area contributed by atoms with Gasteiger partial charge in [-0.1, -0.05) is 12.1 Å². The van der Waals surface area contributed by atoms with E-state index in [0.717, 1.165) is 23.4 Å². The first-order valence-electron chi connectivity index (χ1n) is 5.58. The van der Waals surface area contributed by atoms with E-state index in [9.17, 15) is 4.39 Å². The van der Waals surface area contributed by atoms with E-state index < -0.39 is 0 Å². The van der Waals surface area contributed by atoms with Crippen LogP contribution < -0.4 is 5.32 Å². The summed E-state index contributed by atoms with van der Waals surface area (Å²) in [6.45, 7) is 0. The minimum absolute atomic E-state index is 0.185. The average Bonchev–Trinajstić information content (AvgIpc) is 2.84. The maximum Gasteiger partial charge on any atom is 0.123 e. The maximum absolute atomic E-state index is 12.8. The highest BCUT2D eigenvalue weighted by molar-refractivity contribution is 7.09. The minimum Gasteiger partial charge on any atom is -0.316 e. The standard InChI is InChI=1S/C13H15FN2S/c1-15-12(9-13-16-6-7-17-13)8-10-2-4-11(14)5-3-10/h2-7,12,15H,8-9H2,1H3. The molecular formula is C13H15FN2S. The van der Waals surface area contributed by atoms with Crippen molar-refractivity contribution in [3.63, 3.8) is 0 Å². The van der Waals surface area contributed by atoms with Crippen molar-refractivity contribution in [2.75, 3.05) is 7.05 Å². The lowest BCUT2D eigenvalue weighted by molar-refractivity contribution is 0.554. The molecule has 0 aliphatic carbocycles. The molecule has 0 fully saturated rings. The quantitative estimate of drug-likeness (QED) is 0.882. The van der Waals surface area contributed by atoms with Crippen molar-refractivity contribution in [1.29, 1.82) is 0 Å². The Morgan fingerprint density at radius 3 is 2.65 bits per heavy atom. The summed E-state index contributed by atoms with van der Waals surface area (Å²) >= 11 is 1.67. The number of benzene rings is 1. The first kappa shape index (κ1) is 12.2. The van der Waals surface area contributed by atoms with Crippen molar-refractivity contribution in [3.05, 3.63) is 52.2 Å². The molecule has 0 aliphatic heterocycles. The van der Waals surface area contributed by atoms with Crippen LogP contribution in [-0.4, -0.2) is 18.1 Å². The van der Waals surface area contributed by atoms with E-state index in [1.807, 2.05) is 30.8 Å². The largest absolute Gasteiger partial charge is 0.316 e. The van der Waals surface area contributed by atoms with Crippen molar-refractivity contribution < 1.29 is 4.39 Å². The highest BCUT2D eigenvalue weighted by Gasteiger charge is 2.09. The number of hydrogen-bond acceptors (Lipinski definition) is 3. The molecule has 0 aliphatic rings. The van der Waals surface area contributed by atoms with Gasteiger partial charge in [-0.2, -0.15) is 0 Å². The van der Waals surface area contributed by atoms with Crippen LogP contribution in [0.25, 0.3) is 0 Å². The van der Waals surface area contributed by atoms with Gasteiger partial charge in [0.15, 0.2) is 0 Å². The molecule has 0 bridgehead atoms. The highest BCUT2D eigenvalue weighted by atomic mass is 32.1. The van der Waals surface area contributed by atoms with Crippen molar-refractivity contribution in [2.45, 2.75) is 18.9 Å². The molecule has 2 nitrogen and oxygen atoms in total. The van der Waals surface area contributed by atoms with Crippen molar-refractivity contribution >= 4 is 11.3 Å². The third-order valence-electron chi connectivity index (χ3n) is 2.71. The van der Waals surface area contributed by atoms with Crippen LogP contribution in [0.4, 0.5) is 4.39 Å². The molecule has 0 saturated carbocycles. The Balaban J connectivity index is 1.97. The van der Waals surface area contributed by atoms with E-state index in [4.69, 9.17) is 0 Å². The second-order valence-corrected chi connectivity index (χ2v) is 4.93. The van der Waals surface area contributed by atoms with Crippen molar-refractivity contribution in [2.24, 2.45) is 0 Å². The third kappa shape index (κ3) is 3.61. The van der Waals surface area contributed by atoms with Crippen LogP contribution in [-0.2, 0) is 12.8 Å². The molecule has 2 rings (SSSR count). The molecule has 0 saturated heterocycles. The molecule has 2 aromatic rings. The zero-order valence-corrected chi connectivity index (χ0v) is 10.5. The Morgan fingerprint density at radius 2 is 2.06 bits per heavy atom. The molecule has 1 aromatic heterocycles. The molecule has 0 radical (unpaired) electrons. The van der Waals surface area contributed by atoms with Gasteiger partial charge in [0.25, 0.3) is 0 Å². The molecule has 1 heterocycles. The van der Waals surface area contributed by atoms with Crippen LogP contribution in [0.15, 0.2) is 35.8 Å². The molecule has 1 N–H and O–H groups in total. The number of hydrogen-bond donors (Lipinski definition) is 1. The van der Waals surface area contributed by atoms with Gasteiger partial charge in [0.2, 0.25) is 0 Å². The van der Waals surface area contributed by atoms with Gasteiger partial charge in [-0.3, -0.25) is 0 Å². The Hall–Kier alpha value is -1.26. The Bertz CT molecular complexity index is 439. The lowest BCUT2D eigenvalue weighted by atomic mass is 10.0. The second-order valence-electron chi connectivity index (χ2n) is 3.95. The molecule has 4 heteroatoms. The Kier molecular flexibility index (Phi) is 4.23. The monoisotopic (exact) mass is 250 g/mol. The zero-order chi connectivity index (χ0) is 12.1. The van der Waals surface area contributed by atoms with Crippen LogP contribution in [0.3, 0.4) is 0 Å². The number of thiazole rings is 1. The van der Waals surface area contributed by atoms with E-state index in [0.29, 0.717) is 6.04 Å². The van der Waals surface area contributed by atoms with E-state index >= 15 is 0 Å². The summed E-state index contributed by atoms with van der Waals surface area (Å²) in [7, 11) is 1.95. The van der Waals surface area contributed by atoms with Crippen LogP contribution in [0.5, 0.6) is 0 Å². The number of likely N-dealkylation sites (N-methyl/N-ethyl adjacent to an activating group) is 1.